The normalized spacial score (nSPS) is 32.1. The van der Waals surface area contributed by atoms with Crippen molar-refractivity contribution in [2.75, 3.05) is 0 Å². The maximum Gasteiger partial charge on any atom is 0.306 e. The van der Waals surface area contributed by atoms with Crippen LogP contribution in [0.4, 0.5) is 0 Å². The van der Waals surface area contributed by atoms with Gasteiger partial charge in [0.15, 0.2) is 0 Å². The molecule has 0 aromatic carbocycles. The maximum atomic E-state index is 12.8. The highest BCUT2D eigenvalue weighted by atomic mass is 16.5. The van der Waals surface area contributed by atoms with Crippen molar-refractivity contribution in [3.05, 3.63) is 35.5 Å². The summed E-state index contributed by atoms with van der Waals surface area (Å²) in [4.78, 5) is 12.8. The average molecular weight is 677 g/mol. The van der Waals surface area contributed by atoms with Crippen LogP contribution in [0.25, 0.3) is 0 Å². The molecular weight excluding hydrogens is 597 g/mol. The lowest BCUT2D eigenvalue weighted by Gasteiger charge is -2.58. The molecule has 0 spiro atoms. The van der Waals surface area contributed by atoms with Crippen LogP contribution in [0.3, 0.4) is 0 Å². The van der Waals surface area contributed by atoms with E-state index in [1.165, 1.54) is 122 Å². The van der Waals surface area contributed by atoms with E-state index < -0.39 is 0 Å². The van der Waals surface area contributed by atoms with E-state index in [9.17, 15) is 4.79 Å². The minimum absolute atomic E-state index is 0.0509. The molecule has 2 heteroatoms. The van der Waals surface area contributed by atoms with Crippen LogP contribution in [0.2, 0.25) is 0 Å². The Labute approximate surface area is 305 Å². The molecule has 8 atom stereocenters. The van der Waals surface area contributed by atoms with Gasteiger partial charge in [0.2, 0.25) is 0 Å². The first-order valence-electron chi connectivity index (χ1n) is 21.8. The minimum atomic E-state index is 0.0509. The molecule has 4 aliphatic rings. The Morgan fingerprint density at radius 2 is 1.51 bits per heavy atom. The molecule has 3 saturated carbocycles. The van der Waals surface area contributed by atoms with Crippen LogP contribution in [-0.2, 0) is 9.53 Å². The number of carbonyl (C=O) groups excluding carboxylic acids is 1. The van der Waals surface area contributed by atoms with Gasteiger partial charge in [-0.05, 0) is 143 Å². The van der Waals surface area contributed by atoms with E-state index in [-0.39, 0.29) is 12.1 Å². The summed E-state index contributed by atoms with van der Waals surface area (Å²) >= 11 is 0. The summed E-state index contributed by atoms with van der Waals surface area (Å²) in [6.45, 7) is 17.1. The Hall–Kier alpha value is -1.31. The van der Waals surface area contributed by atoms with Crippen molar-refractivity contribution in [3.63, 3.8) is 0 Å². The second-order valence-electron chi connectivity index (χ2n) is 18.2. The molecule has 0 amide bonds. The van der Waals surface area contributed by atoms with Gasteiger partial charge in [0.25, 0.3) is 0 Å². The topological polar surface area (TPSA) is 26.3 Å². The molecule has 4 aliphatic carbocycles. The molecule has 280 valence electrons. The lowest BCUT2D eigenvalue weighted by molar-refractivity contribution is -0.151. The summed E-state index contributed by atoms with van der Waals surface area (Å²) in [5.41, 5.74) is 4.13. The Bertz CT molecular complexity index is 1080. The van der Waals surface area contributed by atoms with Crippen LogP contribution in [0.1, 0.15) is 203 Å². The van der Waals surface area contributed by atoms with Crippen LogP contribution in [-0.4, -0.2) is 12.1 Å². The van der Waals surface area contributed by atoms with Gasteiger partial charge in [0, 0.05) is 12.8 Å². The zero-order chi connectivity index (χ0) is 35.3. The Balaban J connectivity index is 1.14. The van der Waals surface area contributed by atoms with Gasteiger partial charge in [-0.1, -0.05) is 128 Å². The van der Waals surface area contributed by atoms with Crippen molar-refractivity contribution in [1.82, 2.24) is 0 Å². The summed E-state index contributed by atoms with van der Waals surface area (Å²) < 4.78 is 6.14. The van der Waals surface area contributed by atoms with Crippen LogP contribution in [0.5, 0.6) is 0 Å². The van der Waals surface area contributed by atoms with Crippen LogP contribution < -0.4 is 0 Å². The molecule has 0 aromatic rings. The van der Waals surface area contributed by atoms with Gasteiger partial charge in [-0.3, -0.25) is 4.79 Å². The van der Waals surface area contributed by atoms with Gasteiger partial charge in [-0.25, -0.2) is 0 Å². The number of unbranched alkanes of at least 4 members (excludes halogenated alkanes) is 11. The number of rotatable bonds is 21. The Morgan fingerprint density at radius 1 is 0.837 bits per heavy atom. The summed E-state index contributed by atoms with van der Waals surface area (Å²) in [5, 5.41) is 0. The number of allylic oxidation sites excluding steroid dienone is 5. The molecule has 0 bridgehead atoms. The highest BCUT2D eigenvalue weighted by Crippen LogP contribution is 2.67. The van der Waals surface area contributed by atoms with Crippen molar-refractivity contribution >= 4 is 5.97 Å². The summed E-state index contributed by atoms with van der Waals surface area (Å²) in [5.74, 6) is 5.01. The monoisotopic (exact) mass is 677 g/mol. The molecule has 0 radical (unpaired) electrons. The molecule has 2 nitrogen and oxygen atoms in total. The molecule has 0 saturated heterocycles. The number of hydrogen-bond acceptors (Lipinski definition) is 2. The smallest absolute Gasteiger partial charge is 0.306 e. The first kappa shape index (κ1) is 40.5. The third-order valence-electron chi connectivity index (χ3n) is 14.8. The van der Waals surface area contributed by atoms with Gasteiger partial charge < -0.3 is 4.74 Å². The quantitative estimate of drug-likeness (QED) is 0.0687. The standard InChI is InChI=1S/C47H80O2/c1-8-10-11-12-13-14-15-16-17-18-19-20-21-22-23-24-45(48)49-40-31-33-46(6)39(35-40)27-28-41-43-30-29-42(47(43,7)34-32-44(41)46)37(5)25-26-38(9-2)36(3)4/h9,16-17,27,36-37,40-44H,8,10-15,18-26,28-35H2,1-7H3/b17-16-,38-9+/t37-,40+,41+,42-,43+,44+,46+,47-/m1/s1. The predicted octanol–water partition coefficient (Wildman–Crippen LogP) is 14.5. The molecule has 4 rings (SSSR count). The van der Waals surface area contributed by atoms with E-state index in [0.29, 0.717) is 23.2 Å². The van der Waals surface area contributed by atoms with Crippen LogP contribution >= 0.6 is 0 Å². The van der Waals surface area contributed by atoms with Gasteiger partial charge in [0.1, 0.15) is 6.10 Å². The molecule has 0 unspecified atom stereocenters. The molecule has 0 N–H and O–H groups in total. The lowest BCUT2D eigenvalue weighted by atomic mass is 9.47. The number of carbonyl (C=O) groups is 1. The minimum Gasteiger partial charge on any atom is -0.462 e. The first-order valence-corrected chi connectivity index (χ1v) is 21.8. The molecular formula is C47H80O2. The van der Waals surface area contributed by atoms with E-state index in [4.69, 9.17) is 4.74 Å². The fraction of sp³-hybridized carbons (Fsp3) is 0.851. The van der Waals surface area contributed by atoms with Gasteiger partial charge in [-0.2, -0.15) is 0 Å². The van der Waals surface area contributed by atoms with Crippen LogP contribution in [0, 0.1) is 46.3 Å². The highest BCUT2D eigenvalue weighted by Gasteiger charge is 2.59. The number of ether oxygens (including phenoxy) is 1. The van der Waals surface area contributed by atoms with Crippen molar-refractivity contribution < 1.29 is 9.53 Å². The van der Waals surface area contributed by atoms with E-state index in [2.05, 4.69) is 72.8 Å². The average Bonchev–Trinajstić information content (AvgIpc) is 3.44. The lowest BCUT2D eigenvalue weighted by Crippen LogP contribution is -2.51. The molecule has 49 heavy (non-hydrogen) atoms. The maximum absolute atomic E-state index is 12.8. The zero-order valence-corrected chi connectivity index (χ0v) is 33.6. The van der Waals surface area contributed by atoms with E-state index in [0.717, 1.165) is 55.3 Å². The first-order chi connectivity index (χ1) is 23.6. The summed E-state index contributed by atoms with van der Waals surface area (Å²) in [6.07, 6.45) is 40.1. The molecule has 0 aromatic heterocycles. The Morgan fingerprint density at radius 3 is 2.18 bits per heavy atom. The van der Waals surface area contributed by atoms with Crippen molar-refractivity contribution in [2.24, 2.45) is 46.3 Å². The third-order valence-corrected chi connectivity index (χ3v) is 14.8. The zero-order valence-electron chi connectivity index (χ0n) is 33.6. The second kappa shape index (κ2) is 20.1. The van der Waals surface area contributed by atoms with Crippen molar-refractivity contribution in [2.45, 2.75) is 209 Å². The number of fused-ring (bicyclic) bond motifs is 5. The third kappa shape index (κ3) is 10.9. The predicted molar refractivity (Wildman–Crippen MR) is 212 cm³/mol. The number of hydrogen-bond donors (Lipinski definition) is 0. The van der Waals surface area contributed by atoms with Crippen molar-refractivity contribution in [1.29, 1.82) is 0 Å². The van der Waals surface area contributed by atoms with Gasteiger partial charge >= 0.3 is 5.97 Å². The fourth-order valence-corrected chi connectivity index (χ4v) is 11.7. The van der Waals surface area contributed by atoms with Crippen LogP contribution in [0.15, 0.2) is 35.5 Å². The largest absolute Gasteiger partial charge is 0.462 e. The second-order valence-corrected chi connectivity index (χ2v) is 18.2. The van der Waals surface area contributed by atoms with Gasteiger partial charge in [-0.15, -0.1) is 0 Å². The van der Waals surface area contributed by atoms with E-state index in [1.54, 1.807) is 11.1 Å². The van der Waals surface area contributed by atoms with Crippen molar-refractivity contribution in [3.8, 4) is 0 Å². The van der Waals surface area contributed by atoms with Gasteiger partial charge in [0.05, 0.1) is 0 Å². The summed E-state index contributed by atoms with van der Waals surface area (Å²) in [7, 11) is 0. The SMILES string of the molecule is C/C=C(\CC[C@@H](C)[C@H]1CC[C@H]2[C@@H]3CC=C4C[C@@H](OC(=O)CCCCCCC/C=C\CCCCCCCC)CC[C@]4(C)[C@H]3CC[C@]12C)C(C)C. The Kier molecular flexibility index (Phi) is 16.6. The molecule has 0 heterocycles. The highest BCUT2D eigenvalue weighted by molar-refractivity contribution is 5.69. The molecule has 0 aliphatic heterocycles. The summed E-state index contributed by atoms with van der Waals surface area (Å²) in [6, 6.07) is 0. The number of esters is 1. The molecule has 3 fully saturated rings. The fourth-order valence-electron chi connectivity index (χ4n) is 11.7. The van der Waals surface area contributed by atoms with E-state index >= 15 is 0 Å². The van der Waals surface area contributed by atoms with E-state index in [1.807, 2.05) is 0 Å².